The van der Waals surface area contributed by atoms with Gasteiger partial charge in [0.15, 0.2) is 0 Å². The highest BCUT2D eigenvalue weighted by Crippen LogP contribution is 2.22. The van der Waals surface area contributed by atoms with Gasteiger partial charge in [-0.05, 0) is 58.4 Å². The second kappa shape index (κ2) is 12.1. The fourth-order valence-corrected chi connectivity index (χ4v) is 5.64. The SMILES string of the molecule is CCC[Si](CCCNCCCN)(OCC)OCC. The summed E-state index contributed by atoms with van der Waals surface area (Å²) in [4.78, 5) is 0. The van der Waals surface area contributed by atoms with E-state index in [2.05, 4.69) is 26.1 Å². The third kappa shape index (κ3) is 8.21. The number of nitrogens with two attached hydrogens (primary N) is 1. The average molecular weight is 276 g/mol. The molecular formula is C13H32N2O2Si. The van der Waals surface area contributed by atoms with Crippen LogP contribution in [0, 0.1) is 0 Å². The fourth-order valence-electron chi connectivity index (χ4n) is 2.20. The topological polar surface area (TPSA) is 56.5 Å². The summed E-state index contributed by atoms with van der Waals surface area (Å²) in [6.45, 7) is 10.7. The van der Waals surface area contributed by atoms with Crippen molar-refractivity contribution in [2.45, 2.75) is 52.1 Å². The van der Waals surface area contributed by atoms with E-state index in [1.807, 2.05) is 0 Å². The maximum atomic E-state index is 6.01. The van der Waals surface area contributed by atoms with E-state index < -0.39 is 8.56 Å². The van der Waals surface area contributed by atoms with Gasteiger partial charge in [-0.3, -0.25) is 0 Å². The van der Waals surface area contributed by atoms with Gasteiger partial charge in [0.05, 0.1) is 0 Å². The smallest absolute Gasteiger partial charge is 0.338 e. The van der Waals surface area contributed by atoms with E-state index in [1.165, 1.54) is 0 Å². The van der Waals surface area contributed by atoms with E-state index in [1.54, 1.807) is 0 Å². The maximum Gasteiger partial charge on any atom is 0.338 e. The minimum Gasteiger partial charge on any atom is -0.394 e. The third-order valence-electron chi connectivity index (χ3n) is 2.91. The van der Waals surface area contributed by atoms with Crippen molar-refractivity contribution in [3.05, 3.63) is 0 Å². The standard InChI is InChI=1S/C13H32N2O2Si/c1-4-12-18(16-5-2,17-6-3)13-8-11-15-10-7-9-14/h15H,4-14H2,1-3H3. The molecule has 0 amide bonds. The van der Waals surface area contributed by atoms with Crippen molar-refractivity contribution in [1.29, 1.82) is 0 Å². The second-order valence-corrected chi connectivity index (χ2v) is 7.92. The third-order valence-corrected chi connectivity index (χ3v) is 6.92. The van der Waals surface area contributed by atoms with Gasteiger partial charge in [0.1, 0.15) is 0 Å². The number of rotatable bonds is 13. The van der Waals surface area contributed by atoms with Crippen LogP contribution in [0.3, 0.4) is 0 Å². The molecule has 3 N–H and O–H groups in total. The molecule has 0 aromatic carbocycles. The van der Waals surface area contributed by atoms with E-state index >= 15 is 0 Å². The Morgan fingerprint density at radius 2 is 1.56 bits per heavy atom. The molecule has 0 rings (SSSR count). The summed E-state index contributed by atoms with van der Waals surface area (Å²) in [5, 5.41) is 3.42. The first-order valence-corrected chi connectivity index (χ1v) is 9.66. The molecule has 0 unspecified atom stereocenters. The van der Waals surface area contributed by atoms with Crippen LogP contribution in [0.4, 0.5) is 0 Å². The van der Waals surface area contributed by atoms with E-state index in [-0.39, 0.29) is 0 Å². The predicted molar refractivity (Wildman–Crippen MR) is 80.1 cm³/mol. The molecule has 0 aliphatic rings. The summed E-state index contributed by atoms with van der Waals surface area (Å²) >= 11 is 0. The first-order valence-electron chi connectivity index (χ1n) is 7.43. The molecule has 18 heavy (non-hydrogen) atoms. The maximum absolute atomic E-state index is 6.01. The van der Waals surface area contributed by atoms with Crippen molar-refractivity contribution < 1.29 is 8.85 Å². The molecule has 0 spiro atoms. The van der Waals surface area contributed by atoms with Crippen LogP contribution in [0.15, 0.2) is 0 Å². The molecule has 0 saturated heterocycles. The molecule has 0 aliphatic heterocycles. The summed E-state index contributed by atoms with van der Waals surface area (Å²) in [5.41, 5.74) is 5.46. The lowest BCUT2D eigenvalue weighted by Crippen LogP contribution is -2.42. The summed E-state index contributed by atoms with van der Waals surface area (Å²) < 4.78 is 12.0. The minimum absolute atomic E-state index is 0.763. The minimum atomic E-state index is -1.93. The molecule has 0 heterocycles. The first kappa shape index (κ1) is 18.1. The lowest BCUT2D eigenvalue weighted by Gasteiger charge is -2.29. The summed E-state index contributed by atoms with van der Waals surface area (Å²) in [6.07, 6.45) is 3.33. The van der Waals surface area contributed by atoms with Crippen molar-refractivity contribution in [2.75, 3.05) is 32.8 Å². The molecule has 0 radical (unpaired) electrons. The van der Waals surface area contributed by atoms with Gasteiger partial charge in [-0.25, -0.2) is 0 Å². The van der Waals surface area contributed by atoms with Crippen LogP contribution in [0.1, 0.15) is 40.0 Å². The Morgan fingerprint density at radius 1 is 0.944 bits per heavy atom. The van der Waals surface area contributed by atoms with Crippen molar-refractivity contribution in [3.63, 3.8) is 0 Å². The summed E-state index contributed by atoms with van der Waals surface area (Å²) in [5.74, 6) is 0. The quantitative estimate of drug-likeness (QED) is 0.400. The van der Waals surface area contributed by atoms with Gasteiger partial charge in [-0.15, -0.1) is 0 Å². The molecule has 0 aliphatic carbocycles. The molecule has 0 bridgehead atoms. The van der Waals surface area contributed by atoms with E-state index in [0.29, 0.717) is 0 Å². The molecule has 5 heteroatoms. The van der Waals surface area contributed by atoms with Crippen molar-refractivity contribution in [2.24, 2.45) is 5.73 Å². The van der Waals surface area contributed by atoms with Gasteiger partial charge >= 0.3 is 8.56 Å². The lowest BCUT2D eigenvalue weighted by molar-refractivity contribution is 0.181. The predicted octanol–water partition coefficient (Wildman–Crippen LogP) is 2.24. The van der Waals surface area contributed by atoms with E-state index in [0.717, 1.165) is 64.2 Å². The fraction of sp³-hybridized carbons (Fsp3) is 1.00. The summed E-state index contributed by atoms with van der Waals surface area (Å²) in [7, 11) is -1.93. The summed E-state index contributed by atoms with van der Waals surface area (Å²) in [6, 6.07) is 2.20. The Bertz CT molecular complexity index is 165. The highest BCUT2D eigenvalue weighted by Gasteiger charge is 2.35. The zero-order valence-electron chi connectivity index (χ0n) is 12.5. The Kier molecular flexibility index (Phi) is 12.1. The Labute approximate surface area is 114 Å². The van der Waals surface area contributed by atoms with Crippen LogP contribution in [0.2, 0.25) is 12.1 Å². The Hall–Kier alpha value is 0.0569. The highest BCUT2D eigenvalue weighted by molar-refractivity contribution is 6.67. The number of hydrogen-bond donors (Lipinski definition) is 2. The molecule has 0 atom stereocenters. The largest absolute Gasteiger partial charge is 0.394 e. The van der Waals surface area contributed by atoms with Crippen LogP contribution in [-0.2, 0) is 8.85 Å². The van der Waals surface area contributed by atoms with Crippen LogP contribution in [0.25, 0.3) is 0 Å². The highest BCUT2D eigenvalue weighted by atomic mass is 28.4. The van der Waals surface area contributed by atoms with Crippen molar-refractivity contribution in [3.8, 4) is 0 Å². The molecular weight excluding hydrogens is 244 g/mol. The van der Waals surface area contributed by atoms with Gasteiger partial charge in [0.25, 0.3) is 0 Å². The normalized spacial score (nSPS) is 12.0. The molecule has 110 valence electrons. The van der Waals surface area contributed by atoms with Gasteiger partial charge in [-0.1, -0.05) is 13.3 Å². The zero-order chi connectivity index (χ0) is 13.7. The molecule has 0 aromatic heterocycles. The van der Waals surface area contributed by atoms with Gasteiger partial charge in [0, 0.05) is 13.2 Å². The second-order valence-electron chi connectivity index (χ2n) is 4.52. The monoisotopic (exact) mass is 276 g/mol. The average Bonchev–Trinajstić information content (AvgIpc) is 2.35. The van der Waals surface area contributed by atoms with Crippen LogP contribution in [0.5, 0.6) is 0 Å². The van der Waals surface area contributed by atoms with Gasteiger partial charge < -0.3 is 19.9 Å². The van der Waals surface area contributed by atoms with E-state index in [9.17, 15) is 0 Å². The Morgan fingerprint density at radius 3 is 2.06 bits per heavy atom. The molecule has 0 aromatic rings. The van der Waals surface area contributed by atoms with Gasteiger partial charge in [-0.2, -0.15) is 0 Å². The molecule has 0 fully saturated rings. The number of hydrogen-bond acceptors (Lipinski definition) is 4. The van der Waals surface area contributed by atoms with Gasteiger partial charge in [0.2, 0.25) is 0 Å². The van der Waals surface area contributed by atoms with E-state index in [4.69, 9.17) is 14.6 Å². The lowest BCUT2D eigenvalue weighted by atomic mass is 10.4. The zero-order valence-corrected chi connectivity index (χ0v) is 13.5. The van der Waals surface area contributed by atoms with Crippen LogP contribution in [-0.4, -0.2) is 41.4 Å². The van der Waals surface area contributed by atoms with Crippen LogP contribution < -0.4 is 11.1 Å². The van der Waals surface area contributed by atoms with Crippen LogP contribution >= 0.6 is 0 Å². The van der Waals surface area contributed by atoms with Crippen molar-refractivity contribution in [1.82, 2.24) is 5.32 Å². The number of nitrogens with one attached hydrogen (secondary N) is 1. The van der Waals surface area contributed by atoms with Crippen molar-refractivity contribution >= 4 is 8.56 Å². The molecule has 4 nitrogen and oxygen atoms in total. The first-order chi connectivity index (χ1) is 8.74. The Balaban J connectivity index is 3.97. The molecule has 0 saturated carbocycles.